The molecule has 4 nitrogen and oxygen atoms in total. The molecule has 0 radical (unpaired) electrons. The Morgan fingerprint density at radius 1 is 0.963 bits per heavy atom. The van der Waals surface area contributed by atoms with Crippen molar-refractivity contribution < 1.29 is 4.79 Å². The summed E-state index contributed by atoms with van der Waals surface area (Å²) in [5.74, 6) is 0.131. The largest absolute Gasteiger partial charge is 0.334 e. The third-order valence-corrected chi connectivity index (χ3v) is 5.03. The van der Waals surface area contributed by atoms with Gasteiger partial charge in [0, 0.05) is 30.6 Å². The standard InChI is InChI=1S/C23H23N3O/c27-23(17-19-10-4-5-14-24-19)26-15-7-13-22(26)21-12-6-11-20(25-21)16-18-8-2-1-3-9-18/h1-6,8-12,14,22H,7,13,15-17H2/t22-/m1/s1. The van der Waals surface area contributed by atoms with Gasteiger partial charge in [0.2, 0.25) is 5.91 Å². The van der Waals surface area contributed by atoms with Crippen molar-refractivity contribution in [3.8, 4) is 0 Å². The van der Waals surface area contributed by atoms with E-state index in [0.29, 0.717) is 6.42 Å². The first kappa shape index (κ1) is 17.4. The average molecular weight is 357 g/mol. The molecule has 4 heteroatoms. The molecular weight excluding hydrogens is 334 g/mol. The van der Waals surface area contributed by atoms with Gasteiger partial charge in [-0.1, -0.05) is 42.5 Å². The fourth-order valence-electron chi connectivity index (χ4n) is 3.72. The maximum atomic E-state index is 12.8. The Hall–Kier alpha value is -3.01. The van der Waals surface area contributed by atoms with Crippen LogP contribution in [0.2, 0.25) is 0 Å². The fraction of sp³-hybridized carbons (Fsp3) is 0.261. The molecule has 1 amide bonds. The molecule has 136 valence electrons. The molecule has 0 aliphatic carbocycles. The zero-order chi connectivity index (χ0) is 18.5. The van der Waals surface area contributed by atoms with Gasteiger partial charge in [0.1, 0.15) is 0 Å². The molecule has 1 aliphatic rings. The quantitative estimate of drug-likeness (QED) is 0.694. The Morgan fingerprint density at radius 3 is 2.59 bits per heavy atom. The Bertz CT molecular complexity index is 896. The molecule has 0 spiro atoms. The SMILES string of the molecule is O=C(Cc1ccccn1)N1CCC[C@@H]1c1cccc(Cc2ccccc2)n1. The number of hydrogen-bond acceptors (Lipinski definition) is 3. The number of nitrogens with zero attached hydrogens (tertiary/aromatic N) is 3. The van der Waals surface area contributed by atoms with Gasteiger partial charge in [0.05, 0.1) is 18.2 Å². The van der Waals surface area contributed by atoms with Gasteiger partial charge in [0.15, 0.2) is 0 Å². The summed E-state index contributed by atoms with van der Waals surface area (Å²) in [7, 11) is 0. The van der Waals surface area contributed by atoms with Crippen LogP contribution in [0, 0.1) is 0 Å². The van der Waals surface area contributed by atoms with Gasteiger partial charge in [-0.3, -0.25) is 14.8 Å². The van der Waals surface area contributed by atoms with E-state index < -0.39 is 0 Å². The van der Waals surface area contributed by atoms with Crippen molar-refractivity contribution in [2.24, 2.45) is 0 Å². The number of benzene rings is 1. The molecule has 1 saturated heterocycles. The van der Waals surface area contributed by atoms with Gasteiger partial charge in [-0.25, -0.2) is 0 Å². The lowest BCUT2D eigenvalue weighted by molar-refractivity contribution is -0.131. The summed E-state index contributed by atoms with van der Waals surface area (Å²) in [4.78, 5) is 24.0. The minimum absolute atomic E-state index is 0.0666. The van der Waals surface area contributed by atoms with Crippen molar-refractivity contribution in [2.45, 2.75) is 31.7 Å². The maximum Gasteiger partial charge on any atom is 0.229 e. The van der Waals surface area contributed by atoms with Crippen molar-refractivity contribution >= 4 is 5.91 Å². The van der Waals surface area contributed by atoms with Gasteiger partial charge in [-0.2, -0.15) is 0 Å². The van der Waals surface area contributed by atoms with E-state index in [1.807, 2.05) is 47.4 Å². The molecule has 4 rings (SSSR count). The molecule has 0 saturated carbocycles. The van der Waals surface area contributed by atoms with Crippen LogP contribution in [0.3, 0.4) is 0 Å². The molecule has 27 heavy (non-hydrogen) atoms. The number of amides is 1. The number of carbonyl (C=O) groups is 1. The normalized spacial score (nSPS) is 16.4. The molecule has 0 N–H and O–H groups in total. The van der Waals surface area contributed by atoms with E-state index in [1.165, 1.54) is 5.56 Å². The van der Waals surface area contributed by atoms with Crippen LogP contribution in [0.5, 0.6) is 0 Å². The number of hydrogen-bond donors (Lipinski definition) is 0. The molecule has 0 unspecified atom stereocenters. The number of carbonyl (C=O) groups excluding carboxylic acids is 1. The zero-order valence-corrected chi connectivity index (χ0v) is 15.3. The van der Waals surface area contributed by atoms with Crippen molar-refractivity contribution in [3.05, 3.63) is 95.6 Å². The zero-order valence-electron chi connectivity index (χ0n) is 15.3. The summed E-state index contributed by atoms with van der Waals surface area (Å²) in [6.07, 6.45) is 4.88. The maximum absolute atomic E-state index is 12.8. The number of likely N-dealkylation sites (tertiary alicyclic amines) is 1. The Kier molecular flexibility index (Phi) is 5.24. The average Bonchev–Trinajstić information content (AvgIpc) is 3.20. The first-order chi connectivity index (χ1) is 13.3. The second-order valence-corrected chi connectivity index (χ2v) is 6.96. The lowest BCUT2D eigenvalue weighted by Gasteiger charge is -2.24. The van der Waals surface area contributed by atoms with E-state index in [0.717, 1.165) is 42.9 Å². The first-order valence-corrected chi connectivity index (χ1v) is 9.49. The lowest BCUT2D eigenvalue weighted by Crippen LogP contribution is -2.32. The van der Waals surface area contributed by atoms with E-state index in [4.69, 9.17) is 4.98 Å². The number of pyridine rings is 2. The highest BCUT2D eigenvalue weighted by Crippen LogP contribution is 2.31. The monoisotopic (exact) mass is 357 g/mol. The molecule has 3 aromatic rings. The molecule has 1 atom stereocenters. The number of aromatic nitrogens is 2. The van der Waals surface area contributed by atoms with E-state index in [1.54, 1.807) is 6.20 Å². The van der Waals surface area contributed by atoms with Crippen molar-refractivity contribution in [3.63, 3.8) is 0 Å². The van der Waals surface area contributed by atoms with Crippen LogP contribution in [0.1, 0.15) is 41.5 Å². The van der Waals surface area contributed by atoms with Crippen molar-refractivity contribution in [1.29, 1.82) is 0 Å². The van der Waals surface area contributed by atoms with Gasteiger partial charge in [-0.15, -0.1) is 0 Å². The Labute approximate surface area is 159 Å². The van der Waals surface area contributed by atoms with Gasteiger partial charge >= 0.3 is 0 Å². The number of rotatable bonds is 5. The summed E-state index contributed by atoms with van der Waals surface area (Å²) in [5, 5.41) is 0. The second-order valence-electron chi connectivity index (χ2n) is 6.96. The smallest absolute Gasteiger partial charge is 0.229 e. The van der Waals surface area contributed by atoms with Crippen molar-refractivity contribution in [2.75, 3.05) is 6.54 Å². The highest BCUT2D eigenvalue weighted by Gasteiger charge is 2.31. The predicted octanol–water partition coefficient (Wildman–Crippen LogP) is 3.97. The minimum atomic E-state index is 0.0666. The molecule has 1 aromatic carbocycles. The van der Waals surface area contributed by atoms with Crippen LogP contribution in [-0.4, -0.2) is 27.3 Å². The third kappa shape index (κ3) is 4.22. The Morgan fingerprint density at radius 2 is 1.78 bits per heavy atom. The summed E-state index contributed by atoms with van der Waals surface area (Å²) in [6, 6.07) is 22.3. The predicted molar refractivity (Wildman–Crippen MR) is 105 cm³/mol. The van der Waals surface area contributed by atoms with Crippen LogP contribution in [-0.2, 0) is 17.6 Å². The summed E-state index contributed by atoms with van der Waals surface area (Å²) in [5.41, 5.74) is 4.11. The fourth-order valence-corrected chi connectivity index (χ4v) is 3.72. The summed E-state index contributed by atoms with van der Waals surface area (Å²) < 4.78 is 0. The highest BCUT2D eigenvalue weighted by molar-refractivity contribution is 5.79. The van der Waals surface area contributed by atoms with E-state index in [2.05, 4.69) is 29.2 Å². The topological polar surface area (TPSA) is 46.1 Å². The summed E-state index contributed by atoms with van der Waals surface area (Å²) in [6.45, 7) is 0.793. The van der Waals surface area contributed by atoms with E-state index in [-0.39, 0.29) is 11.9 Å². The summed E-state index contributed by atoms with van der Waals surface area (Å²) >= 11 is 0. The van der Waals surface area contributed by atoms with E-state index in [9.17, 15) is 4.79 Å². The van der Waals surface area contributed by atoms with Crippen LogP contribution >= 0.6 is 0 Å². The molecular formula is C23H23N3O. The van der Waals surface area contributed by atoms with Crippen LogP contribution < -0.4 is 0 Å². The second kappa shape index (κ2) is 8.12. The van der Waals surface area contributed by atoms with Crippen LogP contribution in [0.25, 0.3) is 0 Å². The molecule has 1 fully saturated rings. The Balaban J connectivity index is 1.50. The van der Waals surface area contributed by atoms with Crippen LogP contribution in [0.15, 0.2) is 72.9 Å². The molecule has 3 heterocycles. The molecule has 1 aliphatic heterocycles. The lowest BCUT2D eigenvalue weighted by atomic mass is 10.1. The minimum Gasteiger partial charge on any atom is -0.334 e. The molecule has 2 aromatic heterocycles. The van der Waals surface area contributed by atoms with E-state index >= 15 is 0 Å². The first-order valence-electron chi connectivity index (χ1n) is 9.49. The molecule has 0 bridgehead atoms. The van der Waals surface area contributed by atoms with Crippen molar-refractivity contribution in [1.82, 2.24) is 14.9 Å². The third-order valence-electron chi connectivity index (χ3n) is 5.03. The van der Waals surface area contributed by atoms with Crippen LogP contribution in [0.4, 0.5) is 0 Å². The van der Waals surface area contributed by atoms with Gasteiger partial charge in [-0.05, 0) is 42.7 Å². The van der Waals surface area contributed by atoms with Gasteiger partial charge < -0.3 is 4.90 Å². The highest BCUT2D eigenvalue weighted by atomic mass is 16.2. The van der Waals surface area contributed by atoms with Gasteiger partial charge in [0.25, 0.3) is 0 Å².